The predicted molar refractivity (Wildman–Crippen MR) is 118 cm³/mol. The summed E-state index contributed by atoms with van der Waals surface area (Å²) in [5.74, 6) is 0. The molecule has 0 fully saturated rings. The Morgan fingerprint density at radius 2 is 1.52 bits per heavy atom. The molecule has 0 bridgehead atoms. The van der Waals surface area contributed by atoms with Gasteiger partial charge in [-0.15, -0.1) is 0 Å². The summed E-state index contributed by atoms with van der Waals surface area (Å²) < 4.78 is 5.70. The number of para-hydroxylation sites is 1. The molecule has 1 aromatic carbocycles. The molecule has 150 valence electrons. The molecule has 0 saturated heterocycles. The van der Waals surface area contributed by atoms with Crippen LogP contribution in [-0.2, 0) is 4.74 Å². The molecular formula is C24H38N2O. The zero-order chi connectivity index (χ0) is 19.2. The summed E-state index contributed by atoms with van der Waals surface area (Å²) in [6.07, 6.45) is 12.9. The highest BCUT2D eigenvalue weighted by Gasteiger charge is 2.02. The fraction of sp³-hybridized carbons (Fsp3) is 0.625. The summed E-state index contributed by atoms with van der Waals surface area (Å²) in [7, 11) is 0. The Morgan fingerprint density at radius 1 is 0.852 bits per heavy atom. The first-order valence-electron chi connectivity index (χ1n) is 11.0. The summed E-state index contributed by atoms with van der Waals surface area (Å²) in [5.41, 5.74) is 3.37. The van der Waals surface area contributed by atoms with Gasteiger partial charge in [0.05, 0.1) is 5.52 Å². The van der Waals surface area contributed by atoms with Crippen LogP contribution in [0.5, 0.6) is 0 Å². The van der Waals surface area contributed by atoms with Crippen molar-refractivity contribution in [1.82, 2.24) is 4.98 Å². The number of nitrogens with one attached hydrogen (secondary N) is 1. The molecule has 0 aliphatic carbocycles. The molecule has 1 aromatic heterocycles. The Balaban J connectivity index is 1.48. The molecule has 2 aromatic rings. The third-order valence-electron chi connectivity index (χ3n) is 5.02. The maximum absolute atomic E-state index is 5.70. The zero-order valence-electron chi connectivity index (χ0n) is 17.4. The Bertz CT molecular complexity index is 641. The van der Waals surface area contributed by atoms with Gasteiger partial charge in [-0.25, -0.2) is 0 Å². The second-order valence-electron chi connectivity index (χ2n) is 7.55. The van der Waals surface area contributed by atoms with Gasteiger partial charge in [0.25, 0.3) is 0 Å². The SMILES string of the molecule is CCCCCCOCCCCCCCCNc1cc(C)nc2ccccc12. The van der Waals surface area contributed by atoms with Crippen LogP contribution in [0.3, 0.4) is 0 Å². The van der Waals surface area contributed by atoms with E-state index in [1.807, 2.05) is 0 Å². The number of rotatable bonds is 15. The van der Waals surface area contributed by atoms with Crippen molar-refractivity contribution in [2.24, 2.45) is 0 Å². The Kier molecular flexibility index (Phi) is 10.9. The van der Waals surface area contributed by atoms with Gasteiger partial charge >= 0.3 is 0 Å². The van der Waals surface area contributed by atoms with Crippen LogP contribution < -0.4 is 5.32 Å². The van der Waals surface area contributed by atoms with Crippen molar-refractivity contribution < 1.29 is 4.74 Å². The normalized spacial score (nSPS) is 11.2. The molecule has 0 saturated carbocycles. The molecule has 0 unspecified atom stereocenters. The van der Waals surface area contributed by atoms with Gasteiger partial charge in [-0.2, -0.15) is 0 Å². The van der Waals surface area contributed by atoms with Crippen molar-refractivity contribution in [3.63, 3.8) is 0 Å². The van der Waals surface area contributed by atoms with Crippen LogP contribution >= 0.6 is 0 Å². The number of hydrogen-bond donors (Lipinski definition) is 1. The Hall–Kier alpha value is -1.61. The molecule has 0 atom stereocenters. The molecule has 3 heteroatoms. The first kappa shape index (κ1) is 21.7. The maximum atomic E-state index is 5.70. The monoisotopic (exact) mass is 370 g/mol. The molecule has 1 heterocycles. The fourth-order valence-corrected chi connectivity index (χ4v) is 3.45. The van der Waals surface area contributed by atoms with E-state index in [1.165, 1.54) is 75.3 Å². The van der Waals surface area contributed by atoms with E-state index in [2.05, 4.69) is 54.5 Å². The first-order valence-corrected chi connectivity index (χ1v) is 11.0. The lowest BCUT2D eigenvalue weighted by Crippen LogP contribution is -2.03. The van der Waals surface area contributed by atoms with E-state index in [9.17, 15) is 0 Å². The quantitative estimate of drug-likeness (QED) is 0.346. The van der Waals surface area contributed by atoms with Gasteiger partial charge in [0.15, 0.2) is 0 Å². The van der Waals surface area contributed by atoms with Crippen molar-refractivity contribution >= 4 is 16.6 Å². The second-order valence-corrected chi connectivity index (χ2v) is 7.55. The minimum Gasteiger partial charge on any atom is -0.384 e. The van der Waals surface area contributed by atoms with E-state index in [0.29, 0.717) is 0 Å². The highest BCUT2D eigenvalue weighted by molar-refractivity contribution is 5.91. The number of benzene rings is 1. The van der Waals surface area contributed by atoms with Gasteiger partial charge in [-0.3, -0.25) is 4.98 Å². The number of hydrogen-bond acceptors (Lipinski definition) is 3. The van der Waals surface area contributed by atoms with Crippen molar-refractivity contribution in [2.75, 3.05) is 25.1 Å². The fourth-order valence-electron chi connectivity index (χ4n) is 3.45. The van der Waals surface area contributed by atoms with E-state index < -0.39 is 0 Å². The van der Waals surface area contributed by atoms with E-state index >= 15 is 0 Å². The number of aromatic nitrogens is 1. The van der Waals surface area contributed by atoms with Crippen molar-refractivity contribution in [3.8, 4) is 0 Å². The topological polar surface area (TPSA) is 34.1 Å². The van der Waals surface area contributed by atoms with Crippen molar-refractivity contribution in [2.45, 2.75) is 78.1 Å². The molecule has 2 rings (SSSR count). The summed E-state index contributed by atoms with van der Waals surface area (Å²) in [6, 6.07) is 10.5. The minimum atomic E-state index is 0.947. The molecule has 0 aliphatic rings. The molecule has 0 radical (unpaired) electrons. The third kappa shape index (κ3) is 8.75. The summed E-state index contributed by atoms with van der Waals surface area (Å²) in [5, 5.41) is 4.83. The largest absolute Gasteiger partial charge is 0.384 e. The van der Waals surface area contributed by atoms with Crippen molar-refractivity contribution in [1.29, 1.82) is 0 Å². The number of nitrogens with zero attached hydrogens (tertiary/aromatic N) is 1. The summed E-state index contributed by atoms with van der Waals surface area (Å²) in [4.78, 5) is 4.60. The van der Waals surface area contributed by atoms with Crippen LogP contribution in [0.25, 0.3) is 10.9 Å². The average molecular weight is 371 g/mol. The average Bonchev–Trinajstić information content (AvgIpc) is 2.68. The van der Waals surface area contributed by atoms with Gasteiger partial charge in [-0.05, 0) is 38.3 Å². The number of ether oxygens (including phenoxy) is 1. The lowest BCUT2D eigenvalue weighted by atomic mass is 10.1. The van der Waals surface area contributed by atoms with E-state index in [0.717, 1.165) is 31.0 Å². The molecule has 0 spiro atoms. The summed E-state index contributed by atoms with van der Waals surface area (Å²) >= 11 is 0. The zero-order valence-corrected chi connectivity index (χ0v) is 17.4. The van der Waals surface area contributed by atoms with Gasteiger partial charge < -0.3 is 10.1 Å². The number of unbranched alkanes of at least 4 members (excludes halogenated alkanes) is 8. The molecular weight excluding hydrogens is 332 g/mol. The number of anilines is 1. The van der Waals surface area contributed by atoms with Crippen molar-refractivity contribution in [3.05, 3.63) is 36.0 Å². The van der Waals surface area contributed by atoms with Gasteiger partial charge in [0.1, 0.15) is 0 Å². The Labute approximate surface area is 165 Å². The van der Waals surface area contributed by atoms with E-state index in [1.54, 1.807) is 0 Å². The van der Waals surface area contributed by atoms with E-state index in [4.69, 9.17) is 4.74 Å². The number of aryl methyl sites for hydroxylation is 1. The molecule has 1 N–H and O–H groups in total. The molecule has 3 nitrogen and oxygen atoms in total. The molecule has 27 heavy (non-hydrogen) atoms. The van der Waals surface area contributed by atoms with Crippen LogP contribution in [0.4, 0.5) is 5.69 Å². The summed E-state index contributed by atoms with van der Waals surface area (Å²) in [6.45, 7) is 7.25. The second kappa shape index (κ2) is 13.5. The lowest BCUT2D eigenvalue weighted by molar-refractivity contribution is 0.126. The standard InChI is InChI=1S/C24H38N2O/c1-3-4-5-13-18-27-19-14-9-7-6-8-12-17-25-24-20-21(2)26-23-16-11-10-15-22(23)24/h10-11,15-16,20H,3-9,12-14,17-19H2,1-2H3,(H,25,26). The van der Waals surface area contributed by atoms with Crippen LogP contribution in [0.15, 0.2) is 30.3 Å². The van der Waals surface area contributed by atoms with Gasteiger partial charge in [-0.1, -0.05) is 70.1 Å². The van der Waals surface area contributed by atoms with E-state index in [-0.39, 0.29) is 0 Å². The van der Waals surface area contributed by atoms with Gasteiger partial charge in [0.2, 0.25) is 0 Å². The highest BCUT2D eigenvalue weighted by Crippen LogP contribution is 2.22. The highest BCUT2D eigenvalue weighted by atomic mass is 16.5. The smallest absolute Gasteiger partial charge is 0.0725 e. The molecule has 0 amide bonds. The van der Waals surface area contributed by atoms with Crippen LogP contribution in [0.1, 0.15) is 76.8 Å². The Morgan fingerprint density at radius 3 is 2.30 bits per heavy atom. The minimum absolute atomic E-state index is 0.947. The lowest BCUT2D eigenvalue weighted by Gasteiger charge is -2.10. The maximum Gasteiger partial charge on any atom is 0.0725 e. The first-order chi connectivity index (χ1) is 13.3. The van der Waals surface area contributed by atoms with Gasteiger partial charge in [0, 0.05) is 36.5 Å². The van der Waals surface area contributed by atoms with Crippen LogP contribution in [0, 0.1) is 6.92 Å². The van der Waals surface area contributed by atoms with Crippen LogP contribution in [-0.4, -0.2) is 24.7 Å². The molecule has 0 aliphatic heterocycles. The van der Waals surface area contributed by atoms with Crippen LogP contribution in [0.2, 0.25) is 0 Å². The number of fused-ring (bicyclic) bond motifs is 1. The third-order valence-corrected chi connectivity index (χ3v) is 5.02. The predicted octanol–water partition coefficient (Wildman–Crippen LogP) is 6.89. The number of pyridine rings is 1.